The summed E-state index contributed by atoms with van der Waals surface area (Å²) in [7, 11) is 0. The van der Waals surface area contributed by atoms with Gasteiger partial charge < -0.3 is 10.2 Å². The summed E-state index contributed by atoms with van der Waals surface area (Å²) in [5.41, 5.74) is -1.16. The van der Waals surface area contributed by atoms with E-state index in [0.717, 1.165) is 0 Å². The summed E-state index contributed by atoms with van der Waals surface area (Å²) in [6.07, 6.45) is 5.96. The van der Waals surface area contributed by atoms with Gasteiger partial charge in [-0.25, -0.2) is 0 Å². The number of hydrogen-bond donors (Lipinski definition) is 2. The van der Waals surface area contributed by atoms with E-state index in [1.54, 1.807) is 24.3 Å². The van der Waals surface area contributed by atoms with E-state index in [4.69, 9.17) is 5.11 Å². The Morgan fingerprint density at radius 1 is 1.17 bits per heavy atom. The Morgan fingerprint density at radius 2 is 1.58 bits per heavy atom. The summed E-state index contributed by atoms with van der Waals surface area (Å²) in [4.78, 5) is 0. The quantitative estimate of drug-likeness (QED) is 0.534. The molecule has 0 atom stereocenters. The van der Waals surface area contributed by atoms with Gasteiger partial charge in [0.25, 0.3) is 0 Å². The average molecular weight is 168 g/mol. The molecule has 2 N–H and O–H groups in total. The van der Waals surface area contributed by atoms with E-state index in [1.807, 2.05) is 20.8 Å². The van der Waals surface area contributed by atoms with Gasteiger partial charge in [0.2, 0.25) is 0 Å². The summed E-state index contributed by atoms with van der Waals surface area (Å²) in [5, 5.41) is 19.2. The highest BCUT2D eigenvalue weighted by atomic mass is 16.3. The molecule has 1 aliphatic rings. The van der Waals surface area contributed by atoms with Crippen LogP contribution in [-0.4, -0.2) is 21.9 Å². The van der Waals surface area contributed by atoms with Gasteiger partial charge in [0.05, 0.1) is 6.10 Å². The predicted octanol–water partition coefficient (Wildman–Crippen LogP) is 1.25. The van der Waals surface area contributed by atoms with Crippen molar-refractivity contribution >= 4 is 0 Å². The summed E-state index contributed by atoms with van der Waals surface area (Å²) in [6.45, 7) is 5.87. The van der Waals surface area contributed by atoms with Crippen LogP contribution in [0.1, 0.15) is 20.8 Å². The lowest BCUT2D eigenvalue weighted by Gasteiger charge is -2.37. The van der Waals surface area contributed by atoms with E-state index >= 15 is 0 Å². The van der Waals surface area contributed by atoms with Gasteiger partial charge in [-0.3, -0.25) is 0 Å². The van der Waals surface area contributed by atoms with Crippen LogP contribution in [-0.2, 0) is 0 Å². The second kappa shape index (κ2) is 2.71. The van der Waals surface area contributed by atoms with Crippen molar-refractivity contribution in [2.24, 2.45) is 5.41 Å². The number of rotatable bonds is 0. The molecule has 1 rings (SSSR count). The fourth-order valence-corrected chi connectivity index (χ4v) is 1.11. The second-order valence-electron chi connectivity index (χ2n) is 4.28. The summed E-state index contributed by atoms with van der Waals surface area (Å²) >= 11 is 0. The molecule has 0 aromatic heterocycles. The van der Waals surface area contributed by atoms with Gasteiger partial charge in [-0.15, -0.1) is 0 Å². The van der Waals surface area contributed by atoms with Crippen LogP contribution in [0.2, 0.25) is 0 Å². The summed E-state index contributed by atoms with van der Waals surface area (Å²) in [6, 6.07) is 0. The maximum Gasteiger partial charge on any atom is 0.106 e. The highest BCUT2D eigenvalue weighted by molar-refractivity contribution is 5.26. The molecule has 0 unspecified atom stereocenters. The van der Waals surface area contributed by atoms with Crippen LogP contribution >= 0.6 is 0 Å². The van der Waals surface area contributed by atoms with Crippen molar-refractivity contribution in [2.45, 2.75) is 32.5 Å². The third kappa shape index (κ3) is 1.59. The van der Waals surface area contributed by atoms with Crippen LogP contribution in [0.3, 0.4) is 0 Å². The van der Waals surface area contributed by atoms with Crippen LogP contribution in [0.25, 0.3) is 0 Å². The lowest BCUT2D eigenvalue weighted by molar-refractivity contribution is 0.0269. The summed E-state index contributed by atoms with van der Waals surface area (Å²) < 4.78 is 0. The first-order valence-corrected chi connectivity index (χ1v) is 4.14. The van der Waals surface area contributed by atoms with Crippen molar-refractivity contribution < 1.29 is 10.2 Å². The van der Waals surface area contributed by atoms with Crippen molar-refractivity contribution in [3.8, 4) is 0 Å². The molecule has 0 amide bonds. The molecule has 0 saturated heterocycles. The molecule has 0 heterocycles. The first-order valence-electron chi connectivity index (χ1n) is 4.14. The molecule has 12 heavy (non-hydrogen) atoms. The molecule has 0 saturated carbocycles. The Kier molecular flexibility index (Phi) is 2.15. The molecule has 0 aliphatic heterocycles. The highest BCUT2D eigenvalue weighted by Crippen LogP contribution is 2.34. The van der Waals surface area contributed by atoms with Crippen molar-refractivity contribution in [3.63, 3.8) is 0 Å². The molecule has 0 fully saturated rings. The SMILES string of the molecule is CC(C)(C)C1(O)C=CC(O)C=C1. The zero-order valence-electron chi connectivity index (χ0n) is 7.78. The van der Waals surface area contributed by atoms with Gasteiger partial charge in [0.15, 0.2) is 0 Å². The minimum Gasteiger partial charge on any atom is -0.385 e. The van der Waals surface area contributed by atoms with Crippen LogP contribution in [0.5, 0.6) is 0 Å². The molecule has 68 valence electrons. The smallest absolute Gasteiger partial charge is 0.106 e. The molecule has 1 aliphatic carbocycles. The van der Waals surface area contributed by atoms with E-state index in [1.165, 1.54) is 0 Å². The zero-order valence-corrected chi connectivity index (χ0v) is 7.78. The number of aliphatic hydroxyl groups excluding tert-OH is 1. The third-order valence-corrected chi connectivity index (χ3v) is 2.30. The fraction of sp³-hybridized carbons (Fsp3) is 0.600. The summed E-state index contributed by atoms with van der Waals surface area (Å²) in [5.74, 6) is 0. The number of hydrogen-bond acceptors (Lipinski definition) is 2. The zero-order chi connectivity index (χ0) is 9.41. The molecule has 0 spiro atoms. The maximum atomic E-state index is 10.0. The molecule has 0 aromatic rings. The largest absolute Gasteiger partial charge is 0.385 e. The monoisotopic (exact) mass is 168 g/mol. The van der Waals surface area contributed by atoms with E-state index < -0.39 is 11.7 Å². The second-order valence-corrected chi connectivity index (χ2v) is 4.28. The maximum absolute atomic E-state index is 10.0. The minimum atomic E-state index is -0.924. The standard InChI is InChI=1S/C10H16O2/c1-9(2,3)10(12)6-4-8(11)5-7-10/h4-8,11-12H,1-3H3. The first kappa shape index (κ1) is 9.49. The Morgan fingerprint density at radius 3 is 1.92 bits per heavy atom. The van der Waals surface area contributed by atoms with Crippen LogP contribution in [0, 0.1) is 5.41 Å². The lowest BCUT2D eigenvalue weighted by atomic mass is 9.74. The molecular weight excluding hydrogens is 152 g/mol. The Bertz CT molecular complexity index is 206. The van der Waals surface area contributed by atoms with Crippen molar-refractivity contribution in [2.75, 3.05) is 0 Å². The molecule has 0 aromatic carbocycles. The highest BCUT2D eigenvalue weighted by Gasteiger charge is 2.36. The normalized spacial score (nSPS) is 35.6. The first-order chi connectivity index (χ1) is 5.35. The predicted molar refractivity (Wildman–Crippen MR) is 48.7 cm³/mol. The molecule has 0 bridgehead atoms. The lowest BCUT2D eigenvalue weighted by Crippen LogP contribution is -2.40. The molecule has 2 nitrogen and oxygen atoms in total. The van der Waals surface area contributed by atoms with Gasteiger partial charge in [0, 0.05) is 0 Å². The van der Waals surface area contributed by atoms with Gasteiger partial charge in [0.1, 0.15) is 5.60 Å². The van der Waals surface area contributed by atoms with Crippen molar-refractivity contribution in [1.82, 2.24) is 0 Å². The fourth-order valence-electron chi connectivity index (χ4n) is 1.11. The Labute approximate surface area is 73.2 Å². The van der Waals surface area contributed by atoms with E-state index in [-0.39, 0.29) is 5.41 Å². The topological polar surface area (TPSA) is 40.5 Å². The molecule has 2 heteroatoms. The van der Waals surface area contributed by atoms with Crippen LogP contribution in [0.15, 0.2) is 24.3 Å². The molecular formula is C10H16O2. The van der Waals surface area contributed by atoms with Gasteiger partial charge in [-0.2, -0.15) is 0 Å². The van der Waals surface area contributed by atoms with E-state index in [0.29, 0.717) is 0 Å². The van der Waals surface area contributed by atoms with E-state index in [2.05, 4.69) is 0 Å². The van der Waals surface area contributed by atoms with Gasteiger partial charge in [-0.1, -0.05) is 32.9 Å². The minimum absolute atomic E-state index is 0.236. The Balaban J connectivity index is 2.89. The number of aliphatic hydroxyl groups is 2. The molecule has 0 radical (unpaired) electrons. The average Bonchev–Trinajstić information content (AvgIpc) is 1.93. The van der Waals surface area contributed by atoms with Gasteiger partial charge in [-0.05, 0) is 17.6 Å². The van der Waals surface area contributed by atoms with E-state index in [9.17, 15) is 5.11 Å². The van der Waals surface area contributed by atoms with Gasteiger partial charge >= 0.3 is 0 Å². The van der Waals surface area contributed by atoms with Crippen LogP contribution in [0.4, 0.5) is 0 Å². The van der Waals surface area contributed by atoms with Crippen molar-refractivity contribution in [3.05, 3.63) is 24.3 Å². The third-order valence-electron chi connectivity index (χ3n) is 2.30. The Hall–Kier alpha value is -0.600. The van der Waals surface area contributed by atoms with Crippen LogP contribution < -0.4 is 0 Å². The van der Waals surface area contributed by atoms with Crippen molar-refractivity contribution in [1.29, 1.82) is 0 Å².